The summed E-state index contributed by atoms with van der Waals surface area (Å²) in [6.07, 6.45) is 4.40. The average molecular weight is 441 g/mol. The van der Waals surface area contributed by atoms with Crippen LogP contribution >= 0.6 is 0 Å². The molecule has 166 valence electrons. The third-order valence-electron chi connectivity index (χ3n) is 6.03. The number of carbonyl (C=O) groups excluding carboxylic acids is 1. The highest BCUT2D eigenvalue weighted by Gasteiger charge is 2.39. The molecule has 4 aromatic rings. The van der Waals surface area contributed by atoms with E-state index in [1.165, 1.54) is 0 Å². The van der Waals surface area contributed by atoms with Crippen molar-refractivity contribution in [2.45, 2.75) is 33.7 Å². The third kappa shape index (κ3) is 3.84. The minimum absolute atomic E-state index is 0.0222. The van der Waals surface area contributed by atoms with Crippen LogP contribution in [0.5, 0.6) is 0 Å². The van der Waals surface area contributed by atoms with Crippen molar-refractivity contribution in [3.05, 3.63) is 41.6 Å². The lowest BCUT2D eigenvalue weighted by atomic mass is 10.1. The first-order valence-electron chi connectivity index (χ1n) is 11.0. The molecule has 0 aliphatic heterocycles. The molecule has 0 radical (unpaired) electrons. The molecular formula is C24H24N8O. The topological polar surface area (TPSA) is 111 Å². The molecule has 0 bridgehead atoms. The molecule has 4 aromatic heterocycles. The smallest absolute Gasteiger partial charge is 0.228 e. The normalized spacial score (nSPS) is 17.0. The SMILES string of the molecule is CCn1c(C)nc2cc(C#Cc3cnc(NC)c4nnc(NC(=O)[C@H]5C[C@H]5C)cc34)ncc21. The maximum Gasteiger partial charge on any atom is 0.228 e. The van der Waals surface area contributed by atoms with Gasteiger partial charge in [-0.3, -0.25) is 4.79 Å². The number of fused-ring (bicyclic) bond motifs is 2. The number of aryl methyl sites for hydroxylation is 2. The van der Waals surface area contributed by atoms with E-state index in [0.29, 0.717) is 34.3 Å². The van der Waals surface area contributed by atoms with Crippen LogP contribution in [0.4, 0.5) is 11.6 Å². The summed E-state index contributed by atoms with van der Waals surface area (Å²) < 4.78 is 2.12. The van der Waals surface area contributed by atoms with Crippen molar-refractivity contribution in [3.63, 3.8) is 0 Å². The summed E-state index contributed by atoms with van der Waals surface area (Å²) in [5.41, 5.74) is 3.74. The van der Waals surface area contributed by atoms with Crippen molar-refractivity contribution in [1.82, 2.24) is 29.7 Å². The van der Waals surface area contributed by atoms with Crippen molar-refractivity contribution >= 4 is 39.5 Å². The lowest BCUT2D eigenvalue weighted by Gasteiger charge is -2.08. The number of rotatable bonds is 4. The summed E-state index contributed by atoms with van der Waals surface area (Å²) in [6, 6.07) is 3.68. The Morgan fingerprint density at radius 2 is 2.03 bits per heavy atom. The molecule has 5 rings (SSSR count). The first-order valence-corrected chi connectivity index (χ1v) is 11.0. The Bertz CT molecular complexity index is 1460. The zero-order valence-electron chi connectivity index (χ0n) is 19.0. The highest BCUT2D eigenvalue weighted by Crippen LogP contribution is 2.38. The fraction of sp³-hybridized carbons (Fsp3) is 0.333. The molecule has 4 heterocycles. The maximum absolute atomic E-state index is 12.3. The number of nitrogens with zero attached hydrogens (tertiary/aromatic N) is 6. The van der Waals surface area contributed by atoms with Gasteiger partial charge in [0.05, 0.1) is 22.8 Å². The Morgan fingerprint density at radius 3 is 2.76 bits per heavy atom. The van der Waals surface area contributed by atoms with E-state index in [2.05, 4.69) is 66.0 Å². The average Bonchev–Trinajstić information content (AvgIpc) is 3.46. The first kappa shape index (κ1) is 20.8. The fourth-order valence-electron chi connectivity index (χ4n) is 4.02. The van der Waals surface area contributed by atoms with Gasteiger partial charge in [-0.2, -0.15) is 0 Å². The summed E-state index contributed by atoms with van der Waals surface area (Å²) in [7, 11) is 1.77. The van der Waals surface area contributed by atoms with E-state index < -0.39 is 0 Å². The second-order valence-corrected chi connectivity index (χ2v) is 8.28. The van der Waals surface area contributed by atoms with Crippen molar-refractivity contribution in [3.8, 4) is 11.8 Å². The van der Waals surface area contributed by atoms with Crippen LogP contribution in [0.15, 0.2) is 24.5 Å². The molecule has 1 amide bonds. The van der Waals surface area contributed by atoms with Crippen LogP contribution in [0.3, 0.4) is 0 Å². The Labute approximate surface area is 191 Å². The molecule has 9 nitrogen and oxygen atoms in total. The molecule has 2 N–H and O–H groups in total. The van der Waals surface area contributed by atoms with Crippen LogP contribution in [-0.2, 0) is 11.3 Å². The van der Waals surface area contributed by atoms with Gasteiger partial charge in [0.15, 0.2) is 11.6 Å². The van der Waals surface area contributed by atoms with Gasteiger partial charge in [0.25, 0.3) is 0 Å². The highest BCUT2D eigenvalue weighted by atomic mass is 16.2. The molecule has 0 aromatic carbocycles. The summed E-state index contributed by atoms with van der Waals surface area (Å²) in [6.45, 7) is 6.97. The van der Waals surface area contributed by atoms with Gasteiger partial charge >= 0.3 is 0 Å². The summed E-state index contributed by atoms with van der Waals surface area (Å²) in [5.74, 6) is 8.67. The van der Waals surface area contributed by atoms with Crippen LogP contribution in [0, 0.1) is 30.6 Å². The Hall–Kier alpha value is -4.06. The van der Waals surface area contributed by atoms with E-state index in [0.717, 1.165) is 35.2 Å². The molecule has 9 heteroatoms. The lowest BCUT2D eigenvalue weighted by Crippen LogP contribution is -2.16. The number of hydrogen-bond donors (Lipinski definition) is 2. The predicted molar refractivity (Wildman–Crippen MR) is 127 cm³/mol. The van der Waals surface area contributed by atoms with Crippen molar-refractivity contribution in [1.29, 1.82) is 0 Å². The van der Waals surface area contributed by atoms with E-state index in [-0.39, 0.29) is 11.8 Å². The lowest BCUT2D eigenvalue weighted by molar-refractivity contribution is -0.117. The number of nitrogens with one attached hydrogen (secondary N) is 2. The van der Waals surface area contributed by atoms with Gasteiger partial charge in [-0.05, 0) is 38.2 Å². The number of pyridine rings is 2. The maximum atomic E-state index is 12.3. The monoisotopic (exact) mass is 440 g/mol. The predicted octanol–water partition coefficient (Wildman–Crippen LogP) is 3.13. The zero-order chi connectivity index (χ0) is 23.1. The number of anilines is 2. The number of carbonyl (C=O) groups is 1. The minimum atomic E-state index is -0.0222. The van der Waals surface area contributed by atoms with Gasteiger partial charge in [0, 0.05) is 37.2 Å². The van der Waals surface area contributed by atoms with Gasteiger partial charge < -0.3 is 15.2 Å². The van der Waals surface area contributed by atoms with Crippen molar-refractivity contribution in [2.24, 2.45) is 11.8 Å². The molecule has 33 heavy (non-hydrogen) atoms. The zero-order valence-corrected chi connectivity index (χ0v) is 19.0. The molecule has 1 saturated carbocycles. The summed E-state index contributed by atoms with van der Waals surface area (Å²) >= 11 is 0. The summed E-state index contributed by atoms with van der Waals surface area (Å²) in [4.78, 5) is 25.9. The van der Waals surface area contributed by atoms with E-state index in [9.17, 15) is 4.79 Å². The van der Waals surface area contributed by atoms with E-state index in [1.807, 2.05) is 13.0 Å². The number of hydrogen-bond acceptors (Lipinski definition) is 7. The molecule has 0 spiro atoms. The molecule has 1 fully saturated rings. The van der Waals surface area contributed by atoms with E-state index in [4.69, 9.17) is 0 Å². The number of amides is 1. The Kier molecular flexibility index (Phi) is 5.13. The van der Waals surface area contributed by atoms with Crippen LogP contribution in [0.1, 0.15) is 37.4 Å². The number of imidazole rings is 1. The van der Waals surface area contributed by atoms with Crippen LogP contribution in [0.25, 0.3) is 21.9 Å². The molecule has 1 aliphatic carbocycles. The second kappa shape index (κ2) is 8.13. The Balaban J connectivity index is 1.52. The van der Waals surface area contributed by atoms with Gasteiger partial charge in [-0.25, -0.2) is 15.0 Å². The van der Waals surface area contributed by atoms with E-state index in [1.54, 1.807) is 25.5 Å². The summed E-state index contributed by atoms with van der Waals surface area (Å²) in [5, 5.41) is 15.1. The first-order chi connectivity index (χ1) is 16.0. The highest BCUT2D eigenvalue weighted by molar-refractivity contribution is 5.97. The largest absolute Gasteiger partial charge is 0.371 e. The minimum Gasteiger partial charge on any atom is -0.371 e. The van der Waals surface area contributed by atoms with Gasteiger partial charge in [0.1, 0.15) is 17.0 Å². The van der Waals surface area contributed by atoms with Crippen LogP contribution in [0.2, 0.25) is 0 Å². The third-order valence-corrected chi connectivity index (χ3v) is 6.03. The molecule has 2 atom stereocenters. The molecular weight excluding hydrogens is 416 g/mol. The molecule has 0 saturated heterocycles. The fourth-order valence-corrected chi connectivity index (χ4v) is 4.02. The standard InChI is InChI=1S/C24H24N8O/c1-5-32-14(3)28-19-9-16(26-12-20(19)32)7-6-15-11-27-23(25-4)22-18(15)10-21(30-31-22)29-24(33)17-8-13(17)2/h9-13,17H,5,8H2,1-4H3,(H,25,27)(H,29,30,33)/t13-,17+/m1/s1. The van der Waals surface area contributed by atoms with Gasteiger partial charge in [-0.15, -0.1) is 10.2 Å². The van der Waals surface area contributed by atoms with Gasteiger partial charge in [-0.1, -0.05) is 12.8 Å². The van der Waals surface area contributed by atoms with Gasteiger partial charge in [0.2, 0.25) is 5.91 Å². The van der Waals surface area contributed by atoms with Crippen LogP contribution in [-0.4, -0.2) is 42.7 Å². The van der Waals surface area contributed by atoms with Crippen molar-refractivity contribution in [2.75, 3.05) is 17.7 Å². The Morgan fingerprint density at radius 1 is 1.21 bits per heavy atom. The second-order valence-electron chi connectivity index (χ2n) is 8.28. The molecule has 0 unspecified atom stereocenters. The quantitative estimate of drug-likeness (QED) is 0.469. The molecule has 1 aliphatic rings. The van der Waals surface area contributed by atoms with Crippen LogP contribution < -0.4 is 10.6 Å². The van der Waals surface area contributed by atoms with Crippen molar-refractivity contribution < 1.29 is 4.79 Å². The van der Waals surface area contributed by atoms with E-state index >= 15 is 0 Å². The number of aromatic nitrogens is 6.